The molecule has 0 amide bonds. The molecule has 0 aliphatic heterocycles. The van der Waals surface area contributed by atoms with Crippen molar-refractivity contribution < 1.29 is 0 Å². The summed E-state index contributed by atoms with van der Waals surface area (Å²) < 4.78 is 0. The smallest absolute Gasteiger partial charge is 0.0885 e. The van der Waals surface area contributed by atoms with E-state index >= 15 is 0 Å². The maximum Gasteiger partial charge on any atom is 0.0885 e. The Hall–Kier alpha value is -1.81. The highest BCUT2D eigenvalue weighted by atomic mass is 14.8. The third-order valence-electron chi connectivity index (χ3n) is 2.48. The molecule has 4 nitrogen and oxygen atoms in total. The molecule has 0 bridgehead atoms. The lowest BCUT2D eigenvalue weighted by Gasteiger charge is -1.99. The van der Waals surface area contributed by atoms with Crippen LogP contribution in [0.5, 0.6) is 0 Å². The maximum atomic E-state index is 6.00. The molecule has 15 heavy (non-hydrogen) atoms. The van der Waals surface area contributed by atoms with Crippen molar-refractivity contribution in [1.29, 1.82) is 0 Å². The molecule has 0 radical (unpaired) electrons. The van der Waals surface area contributed by atoms with Crippen LogP contribution in [0.3, 0.4) is 0 Å². The molecule has 78 valence electrons. The van der Waals surface area contributed by atoms with Crippen molar-refractivity contribution in [2.24, 2.45) is 5.73 Å². The average molecular weight is 202 g/mol. The fourth-order valence-corrected chi connectivity index (χ4v) is 1.66. The zero-order valence-corrected chi connectivity index (χ0v) is 8.62. The molecule has 0 saturated carbocycles. The Morgan fingerprint density at radius 2 is 2.20 bits per heavy atom. The lowest BCUT2D eigenvalue weighted by molar-refractivity contribution is 1.05. The lowest BCUT2D eigenvalue weighted by Crippen LogP contribution is -2.00. The van der Waals surface area contributed by atoms with Gasteiger partial charge in [0.2, 0.25) is 0 Å². The van der Waals surface area contributed by atoms with Gasteiger partial charge in [0.15, 0.2) is 0 Å². The number of nitrogens with one attached hydrogen (secondary N) is 1. The summed E-state index contributed by atoms with van der Waals surface area (Å²) in [5.41, 5.74) is 16.0. The van der Waals surface area contributed by atoms with Crippen LogP contribution in [0.1, 0.15) is 11.3 Å². The van der Waals surface area contributed by atoms with Crippen molar-refractivity contribution in [1.82, 2.24) is 9.97 Å². The second-order valence-electron chi connectivity index (χ2n) is 3.44. The molecule has 0 aliphatic rings. The molecule has 5 N–H and O–H groups in total. The minimum absolute atomic E-state index is 0.445. The number of pyridine rings is 1. The van der Waals surface area contributed by atoms with E-state index in [1.165, 1.54) is 0 Å². The van der Waals surface area contributed by atoms with Crippen LogP contribution < -0.4 is 11.5 Å². The Morgan fingerprint density at radius 1 is 1.40 bits per heavy atom. The number of nitrogen functional groups attached to an aromatic ring is 1. The molecule has 0 aliphatic carbocycles. The van der Waals surface area contributed by atoms with Crippen LogP contribution in [-0.4, -0.2) is 9.97 Å². The minimum Gasteiger partial charge on any atom is -0.397 e. The largest absolute Gasteiger partial charge is 0.397 e. The highest BCUT2D eigenvalue weighted by Crippen LogP contribution is 2.28. The third kappa shape index (κ3) is 1.59. The van der Waals surface area contributed by atoms with Gasteiger partial charge in [-0.3, -0.25) is 4.98 Å². The van der Waals surface area contributed by atoms with Gasteiger partial charge < -0.3 is 16.5 Å². The van der Waals surface area contributed by atoms with Crippen LogP contribution in [0.2, 0.25) is 0 Å². The first-order valence-corrected chi connectivity index (χ1v) is 4.82. The molecular weight excluding hydrogens is 188 g/mol. The van der Waals surface area contributed by atoms with E-state index in [2.05, 4.69) is 9.97 Å². The van der Waals surface area contributed by atoms with Crippen LogP contribution >= 0.6 is 0 Å². The van der Waals surface area contributed by atoms with Crippen LogP contribution in [0.4, 0.5) is 5.69 Å². The van der Waals surface area contributed by atoms with E-state index in [-0.39, 0.29) is 0 Å². The van der Waals surface area contributed by atoms with E-state index in [0.29, 0.717) is 12.2 Å². The summed E-state index contributed by atoms with van der Waals surface area (Å²) in [6.45, 7) is 2.41. The number of aromatic nitrogens is 2. The number of hydrogen-bond donors (Lipinski definition) is 3. The SMILES string of the molecule is Cc1[nH]c(-c2ccccn2)c(N)c1CN. The highest BCUT2D eigenvalue weighted by Gasteiger charge is 2.12. The summed E-state index contributed by atoms with van der Waals surface area (Å²) >= 11 is 0. The van der Waals surface area contributed by atoms with Gasteiger partial charge in [0.05, 0.1) is 17.1 Å². The second-order valence-corrected chi connectivity index (χ2v) is 3.44. The lowest BCUT2D eigenvalue weighted by atomic mass is 10.2. The predicted octanol–water partition coefficient (Wildman–Crippen LogP) is 1.43. The van der Waals surface area contributed by atoms with Gasteiger partial charge in [-0.05, 0) is 19.1 Å². The van der Waals surface area contributed by atoms with Crippen molar-refractivity contribution in [3.8, 4) is 11.4 Å². The van der Waals surface area contributed by atoms with E-state index in [4.69, 9.17) is 11.5 Å². The molecule has 0 atom stereocenters. The molecule has 2 aromatic heterocycles. The number of nitrogens with two attached hydrogens (primary N) is 2. The van der Waals surface area contributed by atoms with Gasteiger partial charge in [-0.2, -0.15) is 0 Å². The van der Waals surface area contributed by atoms with Gasteiger partial charge in [0.25, 0.3) is 0 Å². The van der Waals surface area contributed by atoms with E-state index in [9.17, 15) is 0 Å². The Bertz CT molecular complexity index is 459. The normalized spacial score (nSPS) is 10.5. The topological polar surface area (TPSA) is 80.7 Å². The second kappa shape index (κ2) is 3.74. The highest BCUT2D eigenvalue weighted by molar-refractivity contribution is 5.74. The Morgan fingerprint density at radius 3 is 2.73 bits per heavy atom. The summed E-state index contributed by atoms with van der Waals surface area (Å²) in [4.78, 5) is 7.46. The summed E-state index contributed by atoms with van der Waals surface area (Å²) in [7, 11) is 0. The first kappa shape index (κ1) is 9.73. The molecule has 0 spiro atoms. The molecule has 4 heteroatoms. The zero-order valence-electron chi connectivity index (χ0n) is 8.62. The molecular formula is C11H14N4. The molecule has 0 unspecified atom stereocenters. The third-order valence-corrected chi connectivity index (χ3v) is 2.48. The minimum atomic E-state index is 0.445. The van der Waals surface area contributed by atoms with E-state index in [1.807, 2.05) is 25.1 Å². The van der Waals surface area contributed by atoms with Crippen LogP contribution in [0.25, 0.3) is 11.4 Å². The monoisotopic (exact) mass is 202 g/mol. The quantitative estimate of drug-likeness (QED) is 0.689. The van der Waals surface area contributed by atoms with Crippen molar-refractivity contribution in [2.45, 2.75) is 13.5 Å². The summed E-state index contributed by atoms with van der Waals surface area (Å²) in [5.74, 6) is 0. The molecule has 2 aromatic rings. The molecule has 2 rings (SSSR count). The number of H-pyrrole nitrogens is 1. The van der Waals surface area contributed by atoms with E-state index in [0.717, 1.165) is 22.6 Å². The standard InChI is InChI=1S/C11H14N4/c1-7-8(6-12)10(13)11(15-7)9-4-2-3-5-14-9/h2-5,15H,6,12-13H2,1H3. The Balaban J connectivity index is 2.55. The van der Waals surface area contributed by atoms with Gasteiger partial charge >= 0.3 is 0 Å². The first-order chi connectivity index (χ1) is 7.24. The van der Waals surface area contributed by atoms with Crippen LogP contribution in [0, 0.1) is 6.92 Å². The molecule has 0 fully saturated rings. The Labute approximate surface area is 88.3 Å². The van der Waals surface area contributed by atoms with Crippen LogP contribution in [0.15, 0.2) is 24.4 Å². The number of rotatable bonds is 2. The van der Waals surface area contributed by atoms with Gasteiger partial charge in [-0.1, -0.05) is 6.07 Å². The summed E-state index contributed by atoms with van der Waals surface area (Å²) in [6, 6.07) is 5.72. The van der Waals surface area contributed by atoms with E-state index < -0.39 is 0 Å². The van der Waals surface area contributed by atoms with Crippen LogP contribution in [-0.2, 0) is 6.54 Å². The number of nitrogens with zero attached hydrogens (tertiary/aromatic N) is 1. The van der Waals surface area contributed by atoms with Gasteiger partial charge in [-0.25, -0.2) is 0 Å². The van der Waals surface area contributed by atoms with Crippen molar-refractivity contribution in [3.05, 3.63) is 35.7 Å². The number of aromatic amines is 1. The zero-order chi connectivity index (χ0) is 10.8. The van der Waals surface area contributed by atoms with E-state index in [1.54, 1.807) is 6.20 Å². The van der Waals surface area contributed by atoms with Gasteiger partial charge in [0, 0.05) is 24.0 Å². The van der Waals surface area contributed by atoms with Crippen molar-refractivity contribution >= 4 is 5.69 Å². The fraction of sp³-hybridized carbons (Fsp3) is 0.182. The summed E-state index contributed by atoms with van der Waals surface area (Å²) in [5, 5.41) is 0. The maximum absolute atomic E-state index is 6.00. The Kier molecular flexibility index (Phi) is 2.43. The molecule has 0 aromatic carbocycles. The first-order valence-electron chi connectivity index (χ1n) is 4.82. The average Bonchev–Trinajstić information content (AvgIpc) is 2.55. The fourth-order valence-electron chi connectivity index (χ4n) is 1.66. The number of hydrogen-bond acceptors (Lipinski definition) is 3. The summed E-state index contributed by atoms with van der Waals surface area (Å²) in [6.07, 6.45) is 1.74. The van der Waals surface area contributed by atoms with Crippen molar-refractivity contribution in [2.75, 3.05) is 5.73 Å². The molecule has 2 heterocycles. The van der Waals surface area contributed by atoms with Gasteiger partial charge in [-0.15, -0.1) is 0 Å². The predicted molar refractivity (Wildman–Crippen MR) is 61.1 cm³/mol. The van der Waals surface area contributed by atoms with Crippen molar-refractivity contribution in [3.63, 3.8) is 0 Å². The van der Waals surface area contributed by atoms with Gasteiger partial charge in [0.1, 0.15) is 0 Å². The molecule has 0 saturated heterocycles. The number of anilines is 1. The number of aryl methyl sites for hydroxylation is 1.